The molecule has 2 aromatic rings. The average Bonchev–Trinajstić information content (AvgIpc) is 3.18. The third-order valence-electron chi connectivity index (χ3n) is 5.00. The van der Waals surface area contributed by atoms with Crippen LogP contribution in [-0.2, 0) is 17.5 Å². The van der Waals surface area contributed by atoms with E-state index in [2.05, 4.69) is 25.8 Å². The number of amides is 1. The van der Waals surface area contributed by atoms with Crippen molar-refractivity contribution in [1.29, 1.82) is 0 Å². The van der Waals surface area contributed by atoms with Crippen molar-refractivity contribution in [2.45, 2.75) is 25.2 Å². The lowest BCUT2D eigenvalue weighted by atomic mass is 10.1. The zero-order valence-corrected chi connectivity index (χ0v) is 17.2. The van der Waals surface area contributed by atoms with Gasteiger partial charge in [0.2, 0.25) is 5.91 Å². The minimum Gasteiger partial charge on any atom is -0.352 e. The molecule has 6 nitrogen and oxygen atoms in total. The van der Waals surface area contributed by atoms with E-state index in [0.717, 1.165) is 42.9 Å². The molecular weight excluding hydrogens is 407 g/mol. The van der Waals surface area contributed by atoms with E-state index in [0.29, 0.717) is 12.5 Å². The SMILES string of the molecule is CN=C(NCC(=O)Nc1ccccc1)NC1CCN(Cc2ccc(C(F)(F)F)cc2)C1. The molecule has 31 heavy (non-hydrogen) atoms. The number of anilines is 1. The molecule has 3 rings (SSSR count). The number of nitrogens with zero attached hydrogens (tertiary/aromatic N) is 2. The summed E-state index contributed by atoms with van der Waals surface area (Å²) in [5, 5.41) is 9.10. The lowest BCUT2D eigenvalue weighted by molar-refractivity contribution is -0.137. The van der Waals surface area contributed by atoms with Gasteiger partial charge in [0.15, 0.2) is 5.96 Å². The molecule has 2 aromatic carbocycles. The number of halogens is 3. The summed E-state index contributed by atoms with van der Waals surface area (Å²) in [6.07, 6.45) is -3.44. The minimum absolute atomic E-state index is 0.0799. The van der Waals surface area contributed by atoms with Gasteiger partial charge in [0.25, 0.3) is 0 Å². The topological polar surface area (TPSA) is 68.8 Å². The molecule has 0 saturated carbocycles. The molecule has 1 atom stereocenters. The molecule has 166 valence electrons. The molecule has 0 aromatic heterocycles. The number of para-hydroxylation sites is 1. The van der Waals surface area contributed by atoms with Crippen LogP contribution in [0.1, 0.15) is 17.5 Å². The highest BCUT2D eigenvalue weighted by atomic mass is 19.4. The van der Waals surface area contributed by atoms with Crippen LogP contribution in [0.5, 0.6) is 0 Å². The van der Waals surface area contributed by atoms with Crippen molar-refractivity contribution in [2.75, 3.05) is 32.0 Å². The van der Waals surface area contributed by atoms with Gasteiger partial charge in [0, 0.05) is 38.4 Å². The highest BCUT2D eigenvalue weighted by Gasteiger charge is 2.30. The van der Waals surface area contributed by atoms with E-state index in [4.69, 9.17) is 0 Å². The molecule has 0 bridgehead atoms. The van der Waals surface area contributed by atoms with Gasteiger partial charge in [-0.25, -0.2) is 0 Å². The molecule has 0 radical (unpaired) electrons. The van der Waals surface area contributed by atoms with Crippen molar-refractivity contribution in [3.8, 4) is 0 Å². The third-order valence-corrected chi connectivity index (χ3v) is 5.00. The van der Waals surface area contributed by atoms with Crippen LogP contribution in [0.25, 0.3) is 0 Å². The number of hydrogen-bond acceptors (Lipinski definition) is 3. The maximum atomic E-state index is 12.7. The number of aliphatic imine (C=N–C) groups is 1. The van der Waals surface area contributed by atoms with E-state index < -0.39 is 11.7 Å². The quantitative estimate of drug-likeness (QED) is 0.484. The molecule has 1 saturated heterocycles. The lowest BCUT2D eigenvalue weighted by Crippen LogP contribution is -2.46. The molecule has 1 aliphatic heterocycles. The van der Waals surface area contributed by atoms with Crippen LogP contribution < -0.4 is 16.0 Å². The van der Waals surface area contributed by atoms with E-state index in [1.54, 1.807) is 7.05 Å². The van der Waals surface area contributed by atoms with E-state index in [1.807, 2.05) is 30.3 Å². The molecule has 0 aliphatic carbocycles. The lowest BCUT2D eigenvalue weighted by Gasteiger charge is -2.19. The summed E-state index contributed by atoms with van der Waals surface area (Å²) in [4.78, 5) is 18.4. The Balaban J connectivity index is 1.42. The second-order valence-electron chi connectivity index (χ2n) is 7.40. The van der Waals surface area contributed by atoms with Gasteiger partial charge >= 0.3 is 6.18 Å². The molecule has 1 fully saturated rings. The molecule has 3 N–H and O–H groups in total. The Morgan fingerprint density at radius 3 is 2.48 bits per heavy atom. The summed E-state index contributed by atoms with van der Waals surface area (Å²) in [5.41, 5.74) is 0.934. The Bertz CT molecular complexity index is 884. The number of carbonyl (C=O) groups is 1. The van der Waals surface area contributed by atoms with Crippen molar-refractivity contribution in [3.63, 3.8) is 0 Å². The minimum atomic E-state index is -4.32. The van der Waals surface area contributed by atoms with Gasteiger partial charge in [-0.2, -0.15) is 13.2 Å². The van der Waals surface area contributed by atoms with Crippen LogP contribution in [0, 0.1) is 0 Å². The first-order valence-electron chi connectivity index (χ1n) is 10.0. The summed E-state index contributed by atoms with van der Waals surface area (Å²) in [6.45, 7) is 2.22. The van der Waals surface area contributed by atoms with Crippen molar-refractivity contribution in [2.24, 2.45) is 4.99 Å². The van der Waals surface area contributed by atoms with Crippen LogP contribution in [0.3, 0.4) is 0 Å². The Morgan fingerprint density at radius 1 is 1.13 bits per heavy atom. The normalized spacial score (nSPS) is 17.4. The van der Waals surface area contributed by atoms with Gasteiger partial charge in [-0.1, -0.05) is 30.3 Å². The monoisotopic (exact) mass is 433 g/mol. The van der Waals surface area contributed by atoms with Gasteiger partial charge in [0.1, 0.15) is 0 Å². The van der Waals surface area contributed by atoms with Crippen LogP contribution in [0.2, 0.25) is 0 Å². The van der Waals surface area contributed by atoms with Crippen molar-refractivity contribution in [1.82, 2.24) is 15.5 Å². The molecule has 0 spiro atoms. The zero-order valence-electron chi connectivity index (χ0n) is 17.2. The maximum Gasteiger partial charge on any atom is 0.416 e. The number of benzene rings is 2. The summed E-state index contributed by atoms with van der Waals surface area (Å²) < 4.78 is 38.1. The van der Waals surface area contributed by atoms with Crippen molar-refractivity contribution < 1.29 is 18.0 Å². The molecular formula is C22H26F3N5O. The van der Waals surface area contributed by atoms with Crippen LogP contribution in [-0.4, -0.2) is 49.5 Å². The van der Waals surface area contributed by atoms with Gasteiger partial charge in [-0.05, 0) is 36.2 Å². The number of hydrogen-bond donors (Lipinski definition) is 3. The number of guanidine groups is 1. The highest BCUT2D eigenvalue weighted by Crippen LogP contribution is 2.29. The van der Waals surface area contributed by atoms with Gasteiger partial charge in [-0.3, -0.25) is 14.7 Å². The first-order chi connectivity index (χ1) is 14.8. The van der Waals surface area contributed by atoms with Crippen LogP contribution >= 0.6 is 0 Å². The first-order valence-corrected chi connectivity index (χ1v) is 10.0. The number of nitrogens with one attached hydrogen (secondary N) is 3. The summed E-state index contributed by atoms with van der Waals surface area (Å²) in [7, 11) is 1.64. The summed E-state index contributed by atoms with van der Waals surface area (Å²) in [5.74, 6) is 0.356. The first kappa shape index (κ1) is 22.6. The van der Waals surface area contributed by atoms with E-state index in [9.17, 15) is 18.0 Å². The molecule has 1 heterocycles. The van der Waals surface area contributed by atoms with Crippen molar-refractivity contribution in [3.05, 3.63) is 65.7 Å². The third kappa shape index (κ3) is 6.99. The van der Waals surface area contributed by atoms with E-state index in [-0.39, 0.29) is 18.5 Å². The number of alkyl halides is 3. The Labute approximate surface area is 179 Å². The zero-order chi connectivity index (χ0) is 22.3. The van der Waals surface area contributed by atoms with Gasteiger partial charge in [-0.15, -0.1) is 0 Å². The Kier molecular flexibility index (Phi) is 7.51. The predicted molar refractivity (Wildman–Crippen MR) is 115 cm³/mol. The largest absolute Gasteiger partial charge is 0.416 e. The highest BCUT2D eigenvalue weighted by molar-refractivity contribution is 5.95. The standard InChI is InChI=1S/C22H26F3N5O/c1-26-21(27-13-20(31)28-18-5-3-2-4-6-18)29-19-11-12-30(15-19)14-16-7-9-17(10-8-16)22(23,24)25/h2-10,19H,11-15H2,1H3,(H,28,31)(H2,26,27,29). The fourth-order valence-corrected chi connectivity index (χ4v) is 3.43. The second kappa shape index (κ2) is 10.3. The molecule has 1 unspecified atom stereocenters. The number of rotatable bonds is 6. The Morgan fingerprint density at radius 2 is 1.84 bits per heavy atom. The predicted octanol–water partition coefficient (Wildman–Crippen LogP) is 3.08. The Hall–Kier alpha value is -3.07. The van der Waals surface area contributed by atoms with Crippen molar-refractivity contribution >= 4 is 17.6 Å². The fourth-order valence-electron chi connectivity index (χ4n) is 3.43. The van der Waals surface area contributed by atoms with Gasteiger partial charge < -0.3 is 16.0 Å². The molecule has 1 amide bonds. The number of carbonyl (C=O) groups excluding carboxylic acids is 1. The van der Waals surface area contributed by atoms with Crippen LogP contribution in [0.15, 0.2) is 59.6 Å². The maximum absolute atomic E-state index is 12.7. The van der Waals surface area contributed by atoms with Gasteiger partial charge in [0.05, 0.1) is 12.1 Å². The average molecular weight is 433 g/mol. The van der Waals surface area contributed by atoms with E-state index in [1.165, 1.54) is 12.1 Å². The summed E-state index contributed by atoms with van der Waals surface area (Å²) >= 11 is 0. The smallest absolute Gasteiger partial charge is 0.352 e. The fraction of sp³-hybridized carbons (Fsp3) is 0.364. The molecule has 1 aliphatic rings. The second-order valence-corrected chi connectivity index (χ2v) is 7.40. The molecule has 9 heteroatoms. The van der Waals surface area contributed by atoms with Crippen LogP contribution in [0.4, 0.5) is 18.9 Å². The number of likely N-dealkylation sites (tertiary alicyclic amines) is 1. The van der Waals surface area contributed by atoms with E-state index >= 15 is 0 Å². The summed E-state index contributed by atoms with van der Waals surface area (Å²) in [6, 6.07) is 14.6.